The van der Waals surface area contributed by atoms with Crippen molar-refractivity contribution in [2.45, 2.75) is 0 Å². The summed E-state index contributed by atoms with van der Waals surface area (Å²) in [4.78, 5) is 15.9. The highest BCUT2D eigenvalue weighted by molar-refractivity contribution is 9.10. The van der Waals surface area contributed by atoms with Gasteiger partial charge in [-0.05, 0) is 34.1 Å². The molecule has 0 amide bonds. The van der Waals surface area contributed by atoms with Crippen molar-refractivity contribution in [1.29, 1.82) is 0 Å². The minimum atomic E-state index is -0.420. The van der Waals surface area contributed by atoms with Crippen molar-refractivity contribution in [2.75, 3.05) is 5.32 Å². The van der Waals surface area contributed by atoms with E-state index in [1.54, 1.807) is 12.3 Å². The Labute approximate surface area is 117 Å². The standard InChI is InChI=1S/C14H9BrN2O2/c15-10-6-13(14(18)19-8-10)17-11-5-9-3-1-2-4-12(9)16-7-11/h1-8,17H. The second-order valence-corrected chi connectivity index (χ2v) is 4.92. The molecule has 0 saturated carbocycles. The smallest absolute Gasteiger partial charge is 0.359 e. The van der Waals surface area contributed by atoms with Gasteiger partial charge in [0, 0.05) is 5.39 Å². The van der Waals surface area contributed by atoms with Crippen LogP contribution in [0.5, 0.6) is 0 Å². The highest BCUT2D eigenvalue weighted by Crippen LogP contribution is 2.20. The van der Waals surface area contributed by atoms with Gasteiger partial charge in [0.2, 0.25) is 0 Å². The fourth-order valence-electron chi connectivity index (χ4n) is 1.79. The summed E-state index contributed by atoms with van der Waals surface area (Å²) < 4.78 is 5.56. The second kappa shape index (κ2) is 4.85. The van der Waals surface area contributed by atoms with E-state index < -0.39 is 5.63 Å². The lowest BCUT2D eigenvalue weighted by Crippen LogP contribution is -2.06. The van der Waals surface area contributed by atoms with E-state index >= 15 is 0 Å². The number of nitrogens with one attached hydrogen (secondary N) is 1. The third kappa shape index (κ3) is 2.51. The Morgan fingerprint density at radius 2 is 2.05 bits per heavy atom. The van der Waals surface area contributed by atoms with Crippen molar-refractivity contribution >= 4 is 38.2 Å². The van der Waals surface area contributed by atoms with Crippen molar-refractivity contribution < 1.29 is 4.42 Å². The molecule has 3 rings (SSSR count). The first-order valence-electron chi connectivity index (χ1n) is 5.62. The molecule has 19 heavy (non-hydrogen) atoms. The molecule has 0 aliphatic carbocycles. The van der Waals surface area contributed by atoms with Crippen LogP contribution in [0, 0.1) is 0 Å². The summed E-state index contributed by atoms with van der Waals surface area (Å²) in [5.74, 6) is 0. The van der Waals surface area contributed by atoms with Crippen molar-refractivity contribution in [3.05, 3.63) is 63.8 Å². The molecular formula is C14H9BrN2O2. The molecule has 2 heterocycles. The average molecular weight is 317 g/mol. The zero-order valence-corrected chi connectivity index (χ0v) is 11.3. The van der Waals surface area contributed by atoms with Crippen LogP contribution in [0.2, 0.25) is 0 Å². The molecule has 1 N–H and O–H groups in total. The van der Waals surface area contributed by atoms with Crippen LogP contribution in [-0.4, -0.2) is 4.98 Å². The maximum atomic E-state index is 11.6. The zero-order valence-electron chi connectivity index (χ0n) is 9.76. The van der Waals surface area contributed by atoms with Crippen LogP contribution >= 0.6 is 15.9 Å². The molecule has 4 nitrogen and oxygen atoms in total. The van der Waals surface area contributed by atoms with Crippen LogP contribution in [0.3, 0.4) is 0 Å². The van der Waals surface area contributed by atoms with Gasteiger partial charge in [-0.2, -0.15) is 0 Å². The van der Waals surface area contributed by atoms with Gasteiger partial charge in [0.1, 0.15) is 12.0 Å². The number of anilines is 2. The minimum absolute atomic E-state index is 0.367. The van der Waals surface area contributed by atoms with E-state index in [2.05, 4.69) is 26.2 Å². The average Bonchev–Trinajstić information content (AvgIpc) is 2.43. The largest absolute Gasteiger partial charge is 0.429 e. The highest BCUT2D eigenvalue weighted by atomic mass is 79.9. The quantitative estimate of drug-likeness (QED) is 0.783. The minimum Gasteiger partial charge on any atom is -0.429 e. The van der Waals surface area contributed by atoms with Crippen LogP contribution in [0.4, 0.5) is 11.4 Å². The normalized spacial score (nSPS) is 10.6. The summed E-state index contributed by atoms with van der Waals surface area (Å²) in [7, 11) is 0. The summed E-state index contributed by atoms with van der Waals surface area (Å²) in [5, 5.41) is 4.01. The van der Waals surface area contributed by atoms with Crippen molar-refractivity contribution in [3.63, 3.8) is 0 Å². The molecule has 0 aliphatic heterocycles. The first-order valence-corrected chi connectivity index (χ1v) is 6.42. The lowest BCUT2D eigenvalue weighted by molar-refractivity contribution is 0.510. The summed E-state index contributed by atoms with van der Waals surface area (Å²) in [6.07, 6.45) is 3.04. The lowest BCUT2D eigenvalue weighted by atomic mass is 10.2. The zero-order chi connectivity index (χ0) is 13.2. The fourth-order valence-corrected chi connectivity index (χ4v) is 2.11. The monoisotopic (exact) mass is 316 g/mol. The molecular weight excluding hydrogens is 308 g/mol. The van der Waals surface area contributed by atoms with Gasteiger partial charge < -0.3 is 9.73 Å². The third-order valence-corrected chi connectivity index (χ3v) is 3.07. The maximum absolute atomic E-state index is 11.6. The molecule has 0 saturated heterocycles. The predicted octanol–water partition coefficient (Wildman–Crippen LogP) is 3.69. The molecule has 3 aromatic rings. The van der Waals surface area contributed by atoms with E-state index in [0.717, 1.165) is 16.6 Å². The van der Waals surface area contributed by atoms with E-state index in [1.807, 2.05) is 30.3 Å². The number of nitrogens with zero attached hydrogens (tertiary/aromatic N) is 1. The van der Waals surface area contributed by atoms with Gasteiger partial charge >= 0.3 is 5.63 Å². The Kier molecular flexibility index (Phi) is 3.05. The van der Waals surface area contributed by atoms with Crippen molar-refractivity contribution in [3.8, 4) is 0 Å². The Bertz CT molecular complexity index is 799. The molecule has 0 fully saturated rings. The number of para-hydroxylation sites is 1. The van der Waals surface area contributed by atoms with E-state index in [4.69, 9.17) is 4.42 Å². The number of halogens is 1. The molecule has 0 radical (unpaired) electrons. The SMILES string of the molecule is O=c1occ(Br)cc1Nc1cnc2ccccc2c1. The lowest BCUT2D eigenvalue weighted by Gasteiger charge is -2.06. The predicted molar refractivity (Wildman–Crippen MR) is 77.7 cm³/mol. The molecule has 1 aromatic carbocycles. The topological polar surface area (TPSA) is 55.1 Å². The number of hydrogen-bond donors (Lipinski definition) is 1. The molecule has 0 unspecified atom stereocenters. The highest BCUT2D eigenvalue weighted by Gasteiger charge is 2.04. The molecule has 0 atom stereocenters. The van der Waals surface area contributed by atoms with Gasteiger partial charge in [-0.1, -0.05) is 18.2 Å². The first-order chi connectivity index (χ1) is 9.22. The number of aromatic nitrogens is 1. The van der Waals surface area contributed by atoms with Gasteiger partial charge in [-0.3, -0.25) is 4.98 Å². The Balaban J connectivity index is 2.01. The number of pyridine rings is 1. The molecule has 5 heteroatoms. The Morgan fingerprint density at radius 3 is 2.95 bits per heavy atom. The van der Waals surface area contributed by atoms with Crippen LogP contribution in [0.1, 0.15) is 0 Å². The van der Waals surface area contributed by atoms with Gasteiger partial charge in [0.05, 0.1) is 21.9 Å². The molecule has 2 aromatic heterocycles. The van der Waals surface area contributed by atoms with E-state index in [9.17, 15) is 4.79 Å². The van der Waals surface area contributed by atoms with Crippen LogP contribution in [0.15, 0.2) is 62.5 Å². The molecule has 94 valence electrons. The van der Waals surface area contributed by atoms with Crippen molar-refractivity contribution in [2.24, 2.45) is 0 Å². The van der Waals surface area contributed by atoms with E-state index in [-0.39, 0.29) is 0 Å². The maximum Gasteiger partial charge on any atom is 0.359 e. The second-order valence-electron chi connectivity index (χ2n) is 4.01. The van der Waals surface area contributed by atoms with Gasteiger partial charge in [-0.15, -0.1) is 0 Å². The van der Waals surface area contributed by atoms with Crippen LogP contribution in [0.25, 0.3) is 10.9 Å². The summed E-state index contributed by atoms with van der Waals surface area (Å²) >= 11 is 3.26. The first kappa shape index (κ1) is 11.9. The third-order valence-electron chi connectivity index (χ3n) is 2.65. The number of benzene rings is 1. The van der Waals surface area contributed by atoms with Crippen LogP contribution in [-0.2, 0) is 0 Å². The fraction of sp³-hybridized carbons (Fsp3) is 0. The van der Waals surface area contributed by atoms with Gasteiger partial charge in [0.25, 0.3) is 0 Å². The number of rotatable bonds is 2. The Morgan fingerprint density at radius 1 is 1.21 bits per heavy atom. The summed E-state index contributed by atoms with van der Waals surface area (Å²) in [6, 6.07) is 11.4. The van der Waals surface area contributed by atoms with E-state index in [0.29, 0.717) is 10.2 Å². The van der Waals surface area contributed by atoms with Gasteiger partial charge in [0.15, 0.2) is 0 Å². The number of hydrogen-bond acceptors (Lipinski definition) is 4. The van der Waals surface area contributed by atoms with Crippen molar-refractivity contribution in [1.82, 2.24) is 4.98 Å². The number of fused-ring (bicyclic) bond motifs is 1. The summed E-state index contributed by atoms with van der Waals surface area (Å²) in [5.41, 5.74) is 1.60. The Hall–Kier alpha value is -2.14. The molecule has 0 bridgehead atoms. The van der Waals surface area contributed by atoms with E-state index in [1.165, 1.54) is 6.26 Å². The molecule has 0 aliphatic rings. The van der Waals surface area contributed by atoms with Crippen LogP contribution < -0.4 is 10.9 Å². The molecule has 0 spiro atoms. The van der Waals surface area contributed by atoms with Gasteiger partial charge in [-0.25, -0.2) is 4.79 Å². The summed E-state index contributed by atoms with van der Waals surface area (Å²) in [6.45, 7) is 0.